The molecule has 0 bridgehead atoms. The van der Waals surface area contributed by atoms with E-state index < -0.39 is 0 Å². The van der Waals surface area contributed by atoms with E-state index in [-0.39, 0.29) is 11.9 Å². The lowest BCUT2D eigenvalue weighted by atomic mass is 10.0. The van der Waals surface area contributed by atoms with Crippen molar-refractivity contribution in [1.29, 1.82) is 0 Å². The van der Waals surface area contributed by atoms with Crippen LogP contribution in [0, 0.1) is 5.82 Å². The van der Waals surface area contributed by atoms with Crippen molar-refractivity contribution in [3.05, 3.63) is 57.0 Å². The molecule has 0 saturated carbocycles. The molecule has 1 N–H and O–H groups in total. The highest BCUT2D eigenvalue weighted by Crippen LogP contribution is 2.28. The molecule has 0 fully saturated rings. The molecule has 0 aliphatic heterocycles. The van der Waals surface area contributed by atoms with E-state index in [2.05, 4.69) is 18.3 Å². The second-order valence-corrected chi connectivity index (χ2v) is 5.81. The van der Waals surface area contributed by atoms with Crippen LogP contribution in [0.2, 0.25) is 5.02 Å². The highest BCUT2D eigenvalue weighted by molar-refractivity contribution is 7.10. The number of hydrogen-bond acceptors (Lipinski definition) is 2. The van der Waals surface area contributed by atoms with E-state index in [1.54, 1.807) is 23.5 Å². The van der Waals surface area contributed by atoms with Crippen LogP contribution < -0.4 is 5.32 Å². The van der Waals surface area contributed by atoms with Crippen molar-refractivity contribution in [3.8, 4) is 0 Å². The molecule has 1 nitrogen and oxygen atoms in total. The quantitative estimate of drug-likeness (QED) is 0.806. The van der Waals surface area contributed by atoms with Crippen molar-refractivity contribution < 1.29 is 4.39 Å². The monoisotopic (exact) mass is 297 g/mol. The van der Waals surface area contributed by atoms with E-state index in [0.717, 1.165) is 13.0 Å². The molecule has 0 spiro atoms. The van der Waals surface area contributed by atoms with Gasteiger partial charge in [-0.3, -0.25) is 0 Å². The van der Waals surface area contributed by atoms with Gasteiger partial charge < -0.3 is 5.32 Å². The van der Waals surface area contributed by atoms with Gasteiger partial charge >= 0.3 is 0 Å². The number of thiophene rings is 1. The van der Waals surface area contributed by atoms with Gasteiger partial charge in [0.05, 0.1) is 0 Å². The van der Waals surface area contributed by atoms with E-state index in [1.807, 2.05) is 11.4 Å². The zero-order valence-corrected chi connectivity index (χ0v) is 12.4. The summed E-state index contributed by atoms with van der Waals surface area (Å²) in [7, 11) is 0. The van der Waals surface area contributed by atoms with Crippen molar-refractivity contribution in [1.82, 2.24) is 5.32 Å². The zero-order chi connectivity index (χ0) is 13.7. The number of halogens is 2. The fourth-order valence-corrected chi connectivity index (χ4v) is 3.06. The second-order valence-electron chi connectivity index (χ2n) is 4.43. The summed E-state index contributed by atoms with van der Waals surface area (Å²) in [4.78, 5) is 1.22. The number of rotatable bonds is 6. The maximum Gasteiger partial charge on any atom is 0.127 e. The Morgan fingerprint density at radius 1 is 1.32 bits per heavy atom. The average Bonchev–Trinajstić information content (AvgIpc) is 2.91. The molecule has 0 aliphatic rings. The van der Waals surface area contributed by atoms with Crippen molar-refractivity contribution in [2.75, 3.05) is 6.54 Å². The maximum atomic E-state index is 13.9. The molecular weight excluding hydrogens is 281 g/mol. The Bertz CT molecular complexity index is 493. The van der Waals surface area contributed by atoms with Crippen LogP contribution in [-0.2, 0) is 6.42 Å². The summed E-state index contributed by atoms with van der Waals surface area (Å²) in [5.41, 5.74) is 0.589. The Labute approximate surface area is 122 Å². The van der Waals surface area contributed by atoms with Gasteiger partial charge in [0.2, 0.25) is 0 Å². The van der Waals surface area contributed by atoms with E-state index in [9.17, 15) is 4.39 Å². The van der Waals surface area contributed by atoms with E-state index >= 15 is 0 Å². The summed E-state index contributed by atoms with van der Waals surface area (Å²) in [5, 5.41) is 6.00. The topological polar surface area (TPSA) is 12.0 Å². The van der Waals surface area contributed by atoms with Crippen LogP contribution in [0.4, 0.5) is 4.39 Å². The molecule has 0 amide bonds. The molecule has 1 unspecified atom stereocenters. The molecule has 2 aromatic rings. The van der Waals surface area contributed by atoms with Gasteiger partial charge in [-0.2, -0.15) is 0 Å². The molecular formula is C15H17ClFNS. The van der Waals surface area contributed by atoms with Crippen LogP contribution in [0.5, 0.6) is 0 Å². The normalized spacial score (nSPS) is 12.6. The fraction of sp³-hybridized carbons (Fsp3) is 0.333. The number of nitrogens with one attached hydrogen (secondary N) is 1. The van der Waals surface area contributed by atoms with Crippen LogP contribution in [-0.4, -0.2) is 6.54 Å². The first kappa shape index (κ1) is 14.5. The first-order valence-electron chi connectivity index (χ1n) is 6.42. The number of hydrogen-bond donors (Lipinski definition) is 1. The van der Waals surface area contributed by atoms with Crippen molar-refractivity contribution in [2.45, 2.75) is 25.8 Å². The standard InChI is InChI=1S/C15H17ClFNS/c1-2-8-18-14(15-7-4-9-19-15)10-11-12(16)5-3-6-13(11)17/h3-7,9,14,18H,2,8,10H2,1H3. The molecule has 2 rings (SSSR count). The van der Waals surface area contributed by atoms with Crippen molar-refractivity contribution in [3.63, 3.8) is 0 Å². The summed E-state index contributed by atoms with van der Waals surface area (Å²) in [6.45, 7) is 3.03. The summed E-state index contributed by atoms with van der Waals surface area (Å²) >= 11 is 7.79. The first-order valence-corrected chi connectivity index (χ1v) is 7.67. The zero-order valence-electron chi connectivity index (χ0n) is 10.8. The fourth-order valence-electron chi connectivity index (χ4n) is 2.01. The lowest BCUT2D eigenvalue weighted by molar-refractivity contribution is 0.519. The van der Waals surface area contributed by atoms with Gasteiger partial charge in [0.1, 0.15) is 5.82 Å². The van der Waals surface area contributed by atoms with E-state index in [0.29, 0.717) is 17.0 Å². The number of benzene rings is 1. The second kappa shape index (κ2) is 7.04. The molecule has 102 valence electrons. The third-order valence-electron chi connectivity index (χ3n) is 3.00. The van der Waals surface area contributed by atoms with Crippen molar-refractivity contribution in [2.24, 2.45) is 0 Å². The van der Waals surface area contributed by atoms with Crippen LogP contribution >= 0.6 is 22.9 Å². The van der Waals surface area contributed by atoms with Crippen LogP contribution in [0.15, 0.2) is 35.7 Å². The van der Waals surface area contributed by atoms with Gasteiger partial charge in [0.15, 0.2) is 0 Å². The molecule has 1 aromatic heterocycles. The van der Waals surface area contributed by atoms with E-state index in [4.69, 9.17) is 11.6 Å². The Balaban J connectivity index is 2.20. The van der Waals surface area contributed by atoms with Gasteiger partial charge in [0, 0.05) is 21.5 Å². The third-order valence-corrected chi connectivity index (χ3v) is 4.34. The summed E-state index contributed by atoms with van der Waals surface area (Å²) in [5.74, 6) is -0.229. The predicted octanol–water partition coefficient (Wildman–Crippen LogP) is 4.82. The summed E-state index contributed by atoms with van der Waals surface area (Å²) in [6.07, 6.45) is 1.62. The van der Waals surface area contributed by atoms with Gasteiger partial charge in [-0.25, -0.2) is 4.39 Å². The average molecular weight is 298 g/mol. The Hall–Kier alpha value is -0.900. The highest BCUT2D eigenvalue weighted by atomic mass is 35.5. The molecule has 19 heavy (non-hydrogen) atoms. The molecule has 4 heteroatoms. The molecule has 0 aliphatic carbocycles. The minimum atomic E-state index is -0.229. The van der Waals surface area contributed by atoms with Gasteiger partial charge in [-0.05, 0) is 43.0 Å². The summed E-state index contributed by atoms with van der Waals surface area (Å²) < 4.78 is 13.9. The van der Waals surface area contributed by atoms with Gasteiger partial charge in [-0.15, -0.1) is 11.3 Å². The molecule has 0 radical (unpaired) electrons. The van der Waals surface area contributed by atoms with Gasteiger partial charge in [0.25, 0.3) is 0 Å². The highest BCUT2D eigenvalue weighted by Gasteiger charge is 2.16. The van der Waals surface area contributed by atoms with Gasteiger partial charge in [-0.1, -0.05) is 30.7 Å². The van der Waals surface area contributed by atoms with Crippen LogP contribution in [0.1, 0.15) is 29.8 Å². The third kappa shape index (κ3) is 3.78. The Morgan fingerprint density at radius 3 is 2.79 bits per heavy atom. The Kier molecular flexibility index (Phi) is 5.37. The lowest BCUT2D eigenvalue weighted by Crippen LogP contribution is -2.23. The molecule has 0 saturated heterocycles. The molecule has 1 heterocycles. The van der Waals surface area contributed by atoms with Crippen molar-refractivity contribution >= 4 is 22.9 Å². The molecule has 1 atom stereocenters. The van der Waals surface area contributed by atoms with Crippen LogP contribution in [0.3, 0.4) is 0 Å². The lowest BCUT2D eigenvalue weighted by Gasteiger charge is -2.18. The van der Waals surface area contributed by atoms with E-state index in [1.165, 1.54) is 10.9 Å². The minimum absolute atomic E-state index is 0.120. The SMILES string of the molecule is CCCNC(Cc1c(F)cccc1Cl)c1cccs1. The predicted molar refractivity (Wildman–Crippen MR) is 80.5 cm³/mol. The van der Waals surface area contributed by atoms with Crippen LogP contribution in [0.25, 0.3) is 0 Å². The maximum absolute atomic E-state index is 13.9. The first-order chi connectivity index (χ1) is 9.22. The Morgan fingerprint density at radius 2 is 2.16 bits per heavy atom. The largest absolute Gasteiger partial charge is 0.309 e. The smallest absolute Gasteiger partial charge is 0.127 e. The molecule has 1 aromatic carbocycles. The summed E-state index contributed by atoms with van der Waals surface area (Å²) in [6, 6.07) is 9.06. The minimum Gasteiger partial charge on any atom is -0.309 e.